The van der Waals surface area contributed by atoms with Crippen LogP contribution in [-0.2, 0) is 4.74 Å². The zero-order valence-electron chi connectivity index (χ0n) is 14.3. The first-order chi connectivity index (χ1) is 11.7. The zero-order chi connectivity index (χ0) is 16.9. The summed E-state index contributed by atoms with van der Waals surface area (Å²) in [5.41, 5.74) is 4.78. The largest absolute Gasteiger partial charge is 0.379 e. The van der Waals surface area contributed by atoms with Crippen LogP contribution in [0.3, 0.4) is 0 Å². The number of morpholine rings is 1. The predicted octanol–water partition coefficient (Wildman–Crippen LogP) is 4.12. The molecule has 0 aliphatic carbocycles. The van der Waals surface area contributed by atoms with Gasteiger partial charge >= 0.3 is 0 Å². The second kappa shape index (κ2) is 7.88. The third kappa shape index (κ3) is 3.83. The Morgan fingerprint density at radius 2 is 1.62 bits per heavy atom. The Morgan fingerprint density at radius 3 is 2.25 bits per heavy atom. The van der Waals surface area contributed by atoms with Crippen molar-refractivity contribution in [1.82, 2.24) is 4.90 Å². The molecule has 0 aromatic heterocycles. The number of para-hydroxylation sites is 1. The molecular formula is C20H24N2OS. The van der Waals surface area contributed by atoms with Crippen molar-refractivity contribution in [3.8, 4) is 0 Å². The van der Waals surface area contributed by atoms with Gasteiger partial charge in [-0.3, -0.25) is 4.90 Å². The van der Waals surface area contributed by atoms with Gasteiger partial charge in [0.05, 0.1) is 19.3 Å². The fraction of sp³-hybridized carbons (Fsp3) is 0.350. The van der Waals surface area contributed by atoms with Gasteiger partial charge in [0.1, 0.15) is 4.99 Å². The second-order valence-corrected chi connectivity index (χ2v) is 6.66. The molecule has 1 unspecified atom stereocenters. The van der Waals surface area contributed by atoms with Crippen LogP contribution in [0.4, 0.5) is 5.69 Å². The quantitative estimate of drug-likeness (QED) is 0.847. The number of benzene rings is 2. The highest BCUT2D eigenvalue weighted by atomic mass is 32.1. The molecule has 1 aliphatic rings. The van der Waals surface area contributed by atoms with Gasteiger partial charge in [0.2, 0.25) is 0 Å². The van der Waals surface area contributed by atoms with Crippen molar-refractivity contribution >= 4 is 22.9 Å². The molecule has 1 N–H and O–H groups in total. The predicted molar refractivity (Wildman–Crippen MR) is 104 cm³/mol. The normalized spacial score (nSPS) is 16.6. The number of rotatable bonds is 4. The Labute approximate surface area is 149 Å². The number of hydrogen-bond acceptors (Lipinski definition) is 3. The average Bonchev–Trinajstić information content (AvgIpc) is 2.60. The van der Waals surface area contributed by atoms with E-state index in [0.717, 1.165) is 37.0 Å². The minimum absolute atomic E-state index is 0.0732. The van der Waals surface area contributed by atoms with Crippen molar-refractivity contribution in [2.45, 2.75) is 19.9 Å². The van der Waals surface area contributed by atoms with Gasteiger partial charge in [-0.25, -0.2) is 0 Å². The summed E-state index contributed by atoms with van der Waals surface area (Å²) in [7, 11) is 0. The maximum Gasteiger partial charge on any atom is 0.102 e. The third-order valence-electron chi connectivity index (χ3n) is 4.50. The second-order valence-electron chi connectivity index (χ2n) is 6.22. The molecule has 0 amide bonds. The van der Waals surface area contributed by atoms with Crippen LogP contribution in [0.1, 0.15) is 22.7 Å². The van der Waals surface area contributed by atoms with Crippen LogP contribution in [0.15, 0.2) is 48.5 Å². The topological polar surface area (TPSA) is 24.5 Å². The van der Waals surface area contributed by atoms with E-state index in [1.165, 1.54) is 16.7 Å². The van der Waals surface area contributed by atoms with E-state index < -0.39 is 0 Å². The summed E-state index contributed by atoms with van der Waals surface area (Å²) in [4.78, 5) is 3.25. The molecule has 1 atom stereocenters. The third-order valence-corrected chi connectivity index (χ3v) is 4.83. The van der Waals surface area contributed by atoms with Crippen LogP contribution in [0, 0.1) is 13.8 Å². The summed E-state index contributed by atoms with van der Waals surface area (Å²) in [6.45, 7) is 7.54. The monoisotopic (exact) mass is 340 g/mol. The molecule has 3 nitrogen and oxygen atoms in total. The lowest BCUT2D eigenvalue weighted by Crippen LogP contribution is -2.43. The van der Waals surface area contributed by atoms with E-state index in [9.17, 15) is 0 Å². The highest BCUT2D eigenvalue weighted by molar-refractivity contribution is 7.80. The molecule has 1 fully saturated rings. The lowest BCUT2D eigenvalue weighted by atomic mass is 10.0. The highest BCUT2D eigenvalue weighted by Gasteiger charge is 2.26. The van der Waals surface area contributed by atoms with Crippen LogP contribution in [0.25, 0.3) is 0 Å². The highest BCUT2D eigenvalue weighted by Crippen LogP contribution is 2.27. The van der Waals surface area contributed by atoms with Gasteiger partial charge in [-0.2, -0.15) is 0 Å². The fourth-order valence-electron chi connectivity index (χ4n) is 3.20. The summed E-state index contributed by atoms with van der Waals surface area (Å²) in [5, 5.41) is 3.52. The van der Waals surface area contributed by atoms with Crippen LogP contribution < -0.4 is 5.32 Å². The molecule has 0 bridgehead atoms. The maximum absolute atomic E-state index is 5.85. The van der Waals surface area contributed by atoms with Crippen molar-refractivity contribution in [2.24, 2.45) is 0 Å². The Bertz CT molecular complexity index is 676. The molecule has 1 saturated heterocycles. The van der Waals surface area contributed by atoms with E-state index in [2.05, 4.69) is 66.5 Å². The number of thiocarbonyl (C=S) groups is 1. The molecule has 126 valence electrons. The SMILES string of the molecule is Cc1cccc(C)c1NC(=S)C(c1ccccc1)N1CCOCC1. The molecule has 0 spiro atoms. The Hall–Kier alpha value is -1.75. The number of nitrogens with one attached hydrogen (secondary N) is 1. The van der Waals surface area contributed by atoms with Crippen LogP contribution in [-0.4, -0.2) is 36.2 Å². The van der Waals surface area contributed by atoms with Crippen LogP contribution >= 0.6 is 12.2 Å². The Morgan fingerprint density at radius 1 is 1.00 bits per heavy atom. The average molecular weight is 340 g/mol. The first-order valence-corrected chi connectivity index (χ1v) is 8.81. The van der Waals surface area contributed by atoms with Crippen molar-refractivity contribution < 1.29 is 4.74 Å². The Balaban J connectivity index is 1.88. The molecular weight excluding hydrogens is 316 g/mol. The summed E-state index contributed by atoms with van der Waals surface area (Å²) in [6, 6.07) is 16.9. The standard InChI is InChI=1S/C20H24N2OS/c1-15-7-6-8-16(2)18(15)21-20(24)19(17-9-4-3-5-10-17)22-11-13-23-14-12-22/h3-10,19H,11-14H2,1-2H3,(H,21,24). The van der Waals surface area contributed by atoms with Crippen molar-refractivity contribution in [2.75, 3.05) is 31.6 Å². The van der Waals surface area contributed by atoms with Gasteiger partial charge < -0.3 is 10.1 Å². The van der Waals surface area contributed by atoms with Gasteiger partial charge in [-0.1, -0.05) is 60.7 Å². The Kier molecular flexibility index (Phi) is 5.61. The molecule has 3 rings (SSSR count). The number of ether oxygens (including phenoxy) is 1. The first kappa shape index (κ1) is 17.1. The fourth-order valence-corrected chi connectivity index (χ4v) is 3.59. The van der Waals surface area contributed by atoms with Gasteiger partial charge in [0.15, 0.2) is 0 Å². The summed E-state index contributed by atoms with van der Waals surface area (Å²) in [5.74, 6) is 0. The number of hydrogen-bond donors (Lipinski definition) is 1. The molecule has 1 heterocycles. The van der Waals surface area contributed by atoms with E-state index in [1.54, 1.807) is 0 Å². The molecule has 24 heavy (non-hydrogen) atoms. The molecule has 0 saturated carbocycles. The number of aryl methyl sites for hydroxylation is 2. The molecule has 0 radical (unpaired) electrons. The number of nitrogens with zero attached hydrogens (tertiary/aromatic N) is 1. The number of anilines is 1. The minimum Gasteiger partial charge on any atom is -0.379 e. The lowest BCUT2D eigenvalue weighted by Gasteiger charge is -2.35. The van der Waals surface area contributed by atoms with Gasteiger partial charge in [-0.15, -0.1) is 0 Å². The van der Waals surface area contributed by atoms with Crippen molar-refractivity contribution in [3.63, 3.8) is 0 Å². The molecule has 2 aromatic rings. The molecule has 4 heteroatoms. The summed E-state index contributed by atoms with van der Waals surface area (Å²) < 4.78 is 5.52. The van der Waals surface area contributed by atoms with Gasteiger partial charge in [0, 0.05) is 18.8 Å². The van der Waals surface area contributed by atoms with E-state index in [-0.39, 0.29) is 6.04 Å². The smallest absolute Gasteiger partial charge is 0.102 e. The molecule has 2 aromatic carbocycles. The lowest BCUT2D eigenvalue weighted by molar-refractivity contribution is 0.0290. The maximum atomic E-state index is 5.85. The van der Waals surface area contributed by atoms with E-state index >= 15 is 0 Å². The molecule has 1 aliphatic heterocycles. The van der Waals surface area contributed by atoms with Crippen molar-refractivity contribution in [1.29, 1.82) is 0 Å². The summed E-state index contributed by atoms with van der Waals surface area (Å²) in [6.07, 6.45) is 0. The van der Waals surface area contributed by atoms with Crippen LogP contribution in [0.2, 0.25) is 0 Å². The van der Waals surface area contributed by atoms with E-state index in [0.29, 0.717) is 0 Å². The first-order valence-electron chi connectivity index (χ1n) is 8.40. The summed E-state index contributed by atoms with van der Waals surface area (Å²) >= 11 is 5.85. The van der Waals surface area contributed by atoms with Gasteiger partial charge in [-0.05, 0) is 30.5 Å². The van der Waals surface area contributed by atoms with Gasteiger partial charge in [0.25, 0.3) is 0 Å². The van der Waals surface area contributed by atoms with Crippen LogP contribution in [0.5, 0.6) is 0 Å². The van der Waals surface area contributed by atoms with E-state index in [4.69, 9.17) is 17.0 Å². The van der Waals surface area contributed by atoms with Crippen molar-refractivity contribution in [3.05, 3.63) is 65.2 Å². The zero-order valence-corrected chi connectivity index (χ0v) is 15.1. The minimum atomic E-state index is 0.0732. The van der Waals surface area contributed by atoms with E-state index in [1.807, 2.05) is 6.07 Å².